The molecule has 166 valence electrons. The van der Waals surface area contributed by atoms with Gasteiger partial charge in [-0.2, -0.15) is 0 Å². The van der Waals surface area contributed by atoms with E-state index in [0.29, 0.717) is 19.4 Å². The minimum absolute atomic E-state index is 0.153. The van der Waals surface area contributed by atoms with E-state index in [0.717, 1.165) is 24.4 Å². The van der Waals surface area contributed by atoms with Gasteiger partial charge >= 0.3 is 5.97 Å². The highest BCUT2D eigenvalue weighted by molar-refractivity contribution is 5.73. The number of carbonyl (C=O) groups is 1. The van der Waals surface area contributed by atoms with Gasteiger partial charge < -0.3 is 19.5 Å². The fourth-order valence-corrected chi connectivity index (χ4v) is 4.11. The average Bonchev–Trinajstić information content (AvgIpc) is 2.72. The van der Waals surface area contributed by atoms with Crippen LogP contribution >= 0.6 is 0 Å². The molecule has 1 saturated heterocycles. The van der Waals surface area contributed by atoms with Crippen LogP contribution in [0.2, 0.25) is 0 Å². The van der Waals surface area contributed by atoms with E-state index in [9.17, 15) is 9.90 Å². The molecule has 30 heavy (non-hydrogen) atoms. The molecule has 0 bridgehead atoms. The van der Waals surface area contributed by atoms with E-state index < -0.39 is 12.0 Å². The molecule has 0 radical (unpaired) electrons. The first-order valence-electron chi connectivity index (χ1n) is 11.1. The first-order valence-corrected chi connectivity index (χ1v) is 11.1. The van der Waals surface area contributed by atoms with E-state index >= 15 is 0 Å². The summed E-state index contributed by atoms with van der Waals surface area (Å²) in [4.78, 5) is 15.0. The molecule has 6 heteroatoms. The number of ether oxygens (including phenoxy) is 2. The SMILES string of the molecule is CC(C)(C)OC(=O)[C@@H]1CC=C(N2CCCCC2)C(N[C@@H](O)OCc2ccccc2)C1. The van der Waals surface area contributed by atoms with E-state index in [1.54, 1.807) is 0 Å². The third-order valence-electron chi connectivity index (χ3n) is 5.54. The predicted molar refractivity (Wildman–Crippen MR) is 116 cm³/mol. The summed E-state index contributed by atoms with van der Waals surface area (Å²) in [5, 5.41) is 13.7. The van der Waals surface area contributed by atoms with Crippen LogP contribution in [-0.2, 0) is 20.9 Å². The van der Waals surface area contributed by atoms with Crippen LogP contribution in [0.25, 0.3) is 0 Å². The summed E-state index contributed by atoms with van der Waals surface area (Å²) in [6, 6.07) is 9.62. The number of benzene rings is 1. The number of carbonyl (C=O) groups excluding carboxylic acids is 1. The number of hydrogen-bond donors (Lipinski definition) is 2. The predicted octanol–water partition coefficient (Wildman–Crippen LogP) is 3.56. The molecule has 0 aromatic heterocycles. The molecular formula is C24H36N2O4. The molecule has 3 rings (SSSR count). The number of allylic oxidation sites excluding steroid dienone is 1. The second-order valence-electron chi connectivity index (χ2n) is 9.25. The maximum absolute atomic E-state index is 12.7. The van der Waals surface area contributed by atoms with Crippen LogP contribution in [0.3, 0.4) is 0 Å². The van der Waals surface area contributed by atoms with E-state index in [2.05, 4.69) is 16.3 Å². The summed E-state index contributed by atoms with van der Waals surface area (Å²) in [5.74, 6) is -0.403. The number of nitrogens with one attached hydrogen (secondary N) is 1. The molecule has 2 aliphatic rings. The molecule has 2 N–H and O–H groups in total. The minimum atomic E-state index is -1.11. The Morgan fingerprint density at radius 2 is 1.90 bits per heavy atom. The normalized spacial score (nSPS) is 23.6. The molecule has 0 spiro atoms. The molecule has 1 fully saturated rings. The minimum Gasteiger partial charge on any atom is -0.460 e. The monoisotopic (exact) mass is 416 g/mol. The summed E-state index contributed by atoms with van der Waals surface area (Å²) < 4.78 is 11.2. The van der Waals surface area contributed by atoms with Crippen molar-refractivity contribution >= 4 is 5.97 Å². The van der Waals surface area contributed by atoms with Crippen molar-refractivity contribution in [2.45, 2.75) is 77.5 Å². The molecule has 1 aromatic carbocycles. The van der Waals surface area contributed by atoms with Crippen molar-refractivity contribution in [3.63, 3.8) is 0 Å². The van der Waals surface area contributed by atoms with Crippen LogP contribution < -0.4 is 5.32 Å². The number of likely N-dealkylation sites (tertiary alicyclic amines) is 1. The molecular weight excluding hydrogens is 380 g/mol. The molecule has 6 nitrogen and oxygen atoms in total. The van der Waals surface area contributed by atoms with E-state index in [4.69, 9.17) is 9.47 Å². The number of esters is 1. The van der Waals surface area contributed by atoms with E-state index in [1.165, 1.54) is 19.3 Å². The Morgan fingerprint density at radius 1 is 1.20 bits per heavy atom. The number of aliphatic hydroxyl groups is 1. The first kappa shape index (κ1) is 22.8. The lowest BCUT2D eigenvalue weighted by molar-refractivity contribution is -0.161. The van der Waals surface area contributed by atoms with Crippen LogP contribution in [-0.4, -0.2) is 47.1 Å². The van der Waals surface area contributed by atoms with Gasteiger partial charge in [0.15, 0.2) is 0 Å². The zero-order chi connectivity index (χ0) is 21.6. The van der Waals surface area contributed by atoms with Gasteiger partial charge in [0.05, 0.1) is 18.6 Å². The second kappa shape index (κ2) is 10.4. The number of rotatable bonds is 7. The van der Waals surface area contributed by atoms with Crippen molar-refractivity contribution in [1.82, 2.24) is 10.2 Å². The smallest absolute Gasteiger partial charge is 0.309 e. The van der Waals surface area contributed by atoms with Crippen LogP contribution in [0, 0.1) is 5.92 Å². The number of nitrogens with zero attached hydrogens (tertiary/aromatic N) is 1. The molecule has 1 aliphatic heterocycles. The summed E-state index contributed by atoms with van der Waals surface area (Å²) >= 11 is 0. The fraction of sp³-hybridized carbons (Fsp3) is 0.625. The quantitative estimate of drug-likeness (QED) is 0.523. The van der Waals surface area contributed by atoms with Gasteiger partial charge in [-0.1, -0.05) is 36.4 Å². The second-order valence-corrected chi connectivity index (χ2v) is 9.25. The molecule has 1 heterocycles. The van der Waals surface area contributed by atoms with Gasteiger partial charge in [-0.25, -0.2) is 0 Å². The van der Waals surface area contributed by atoms with Crippen LogP contribution in [0.15, 0.2) is 42.1 Å². The number of hydrogen-bond acceptors (Lipinski definition) is 6. The average molecular weight is 417 g/mol. The first-order chi connectivity index (χ1) is 14.3. The van der Waals surface area contributed by atoms with Crippen LogP contribution in [0.4, 0.5) is 0 Å². The molecule has 3 atom stereocenters. The van der Waals surface area contributed by atoms with Crippen LogP contribution in [0.1, 0.15) is 58.4 Å². The zero-order valence-electron chi connectivity index (χ0n) is 18.5. The highest BCUT2D eigenvalue weighted by Gasteiger charge is 2.34. The van der Waals surface area contributed by atoms with Gasteiger partial charge in [0.1, 0.15) is 5.60 Å². The van der Waals surface area contributed by atoms with Crippen molar-refractivity contribution < 1.29 is 19.4 Å². The van der Waals surface area contributed by atoms with Gasteiger partial charge in [-0.3, -0.25) is 10.1 Å². The Bertz CT molecular complexity index is 708. The maximum atomic E-state index is 12.7. The Labute approximate surface area is 180 Å². The third kappa shape index (κ3) is 6.83. The van der Waals surface area contributed by atoms with Gasteiger partial charge in [-0.05, 0) is 58.4 Å². The lowest BCUT2D eigenvalue weighted by Gasteiger charge is -2.40. The van der Waals surface area contributed by atoms with Gasteiger partial charge in [0.25, 0.3) is 0 Å². The standard InChI is InChI=1S/C24H36N2O4/c1-24(2,3)30-22(27)19-12-13-21(26-14-8-5-9-15-26)20(16-19)25-23(28)29-17-18-10-6-4-7-11-18/h4,6-7,10-11,13,19-20,23,25,28H,5,8-9,12,14-17H2,1-3H3/t19-,20?,23+/m1/s1. The largest absolute Gasteiger partial charge is 0.460 e. The van der Waals surface area contributed by atoms with Crippen molar-refractivity contribution in [2.75, 3.05) is 13.1 Å². The van der Waals surface area contributed by atoms with E-state index in [1.807, 2.05) is 51.1 Å². The Balaban J connectivity index is 1.65. The van der Waals surface area contributed by atoms with Gasteiger partial charge in [0.2, 0.25) is 6.41 Å². The number of piperidine rings is 1. The topological polar surface area (TPSA) is 71.0 Å². The van der Waals surface area contributed by atoms with Gasteiger partial charge in [-0.15, -0.1) is 0 Å². The Hall–Kier alpha value is -1.89. The van der Waals surface area contributed by atoms with Crippen molar-refractivity contribution in [2.24, 2.45) is 5.92 Å². The number of aliphatic hydroxyl groups excluding tert-OH is 1. The third-order valence-corrected chi connectivity index (χ3v) is 5.54. The van der Waals surface area contributed by atoms with Crippen molar-refractivity contribution in [3.05, 3.63) is 47.7 Å². The maximum Gasteiger partial charge on any atom is 0.309 e. The lowest BCUT2D eigenvalue weighted by Crippen LogP contribution is -2.49. The summed E-state index contributed by atoms with van der Waals surface area (Å²) in [7, 11) is 0. The highest BCUT2D eigenvalue weighted by atomic mass is 16.6. The molecule has 1 aromatic rings. The molecule has 1 unspecified atom stereocenters. The van der Waals surface area contributed by atoms with Crippen molar-refractivity contribution in [3.8, 4) is 0 Å². The van der Waals surface area contributed by atoms with Gasteiger partial charge in [0, 0.05) is 18.8 Å². The van der Waals surface area contributed by atoms with E-state index in [-0.39, 0.29) is 17.9 Å². The summed E-state index contributed by atoms with van der Waals surface area (Å²) in [5.41, 5.74) is 1.66. The Kier molecular flexibility index (Phi) is 7.92. The lowest BCUT2D eigenvalue weighted by atomic mass is 9.87. The zero-order valence-corrected chi connectivity index (χ0v) is 18.5. The Morgan fingerprint density at radius 3 is 2.57 bits per heavy atom. The summed E-state index contributed by atoms with van der Waals surface area (Å²) in [6.45, 7) is 8.02. The molecule has 0 saturated carbocycles. The highest BCUT2D eigenvalue weighted by Crippen LogP contribution is 2.30. The summed E-state index contributed by atoms with van der Waals surface area (Å²) in [6.07, 6.45) is 5.89. The molecule has 0 amide bonds. The van der Waals surface area contributed by atoms with Crippen molar-refractivity contribution in [1.29, 1.82) is 0 Å². The molecule has 1 aliphatic carbocycles. The fourth-order valence-electron chi connectivity index (χ4n) is 4.11. The van der Waals surface area contributed by atoms with Crippen LogP contribution in [0.5, 0.6) is 0 Å².